The first kappa shape index (κ1) is 17.3. The van der Waals surface area contributed by atoms with Crippen LogP contribution in [0.4, 0.5) is 0 Å². The van der Waals surface area contributed by atoms with Crippen molar-refractivity contribution in [3.8, 4) is 0 Å². The van der Waals surface area contributed by atoms with Gasteiger partial charge in [0.25, 0.3) is 15.9 Å². The van der Waals surface area contributed by atoms with Crippen molar-refractivity contribution in [1.29, 1.82) is 0 Å². The highest BCUT2D eigenvalue weighted by Crippen LogP contribution is 2.42. The van der Waals surface area contributed by atoms with Crippen LogP contribution in [-0.4, -0.2) is 24.8 Å². The molecular formula is C19H23N3O3S. The number of para-hydroxylation sites is 1. The van der Waals surface area contributed by atoms with Gasteiger partial charge in [0.2, 0.25) is 0 Å². The van der Waals surface area contributed by atoms with E-state index in [1.54, 1.807) is 6.07 Å². The summed E-state index contributed by atoms with van der Waals surface area (Å²) in [6, 6.07) is 7.05. The van der Waals surface area contributed by atoms with Crippen molar-refractivity contribution in [2.45, 2.75) is 49.0 Å². The van der Waals surface area contributed by atoms with E-state index in [4.69, 9.17) is 5.73 Å². The summed E-state index contributed by atoms with van der Waals surface area (Å²) >= 11 is 0. The molecule has 138 valence electrons. The van der Waals surface area contributed by atoms with Crippen molar-refractivity contribution in [1.82, 2.24) is 9.71 Å². The molecular weight excluding hydrogens is 350 g/mol. The summed E-state index contributed by atoms with van der Waals surface area (Å²) in [7, 11) is -4.00. The summed E-state index contributed by atoms with van der Waals surface area (Å²) in [4.78, 5) is 15.8. The van der Waals surface area contributed by atoms with Gasteiger partial charge in [-0.15, -0.1) is 0 Å². The van der Waals surface area contributed by atoms with Crippen LogP contribution in [0.2, 0.25) is 0 Å². The molecule has 4 rings (SSSR count). The number of sulfonamides is 1. The second-order valence-electron chi connectivity index (χ2n) is 7.33. The summed E-state index contributed by atoms with van der Waals surface area (Å²) < 4.78 is 27.8. The zero-order valence-corrected chi connectivity index (χ0v) is 15.3. The van der Waals surface area contributed by atoms with Gasteiger partial charge in [0.05, 0.1) is 5.52 Å². The van der Waals surface area contributed by atoms with Crippen LogP contribution in [0.1, 0.15) is 37.8 Å². The lowest BCUT2D eigenvalue weighted by molar-refractivity contribution is -0.121. The molecule has 2 bridgehead atoms. The molecule has 7 heteroatoms. The van der Waals surface area contributed by atoms with Gasteiger partial charge in [-0.2, -0.15) is 0 Å². The Kier molecular flexibility index (Phi) is 4.16. The summed E-state index contributed by atoms with van der Waals surface area (Å²) in [5.41, 5.74) is 6.54. The summed E-state index contributed by atoms with van der Waals surface area (Å²) in [6.07, 6.45) is 9.54. The molecule has 1 aromatic heterocycles. The van der Waals surface area contributed by atoms with Gasteiger partial charge < -0.3 is 10.7 Å². The molecule has 2 atom stereocenters. The highest BCUT2D eigenvalue weighted by molar-refractivity contribution is 7.90. The minimum absolute atomic E-state index is 0.0815. The number of allylic oxidation sites excluding steroid dienone is 1. The summed E-state index contributed by atoms with van der Waals surface area (Å²) in [5, 5.41) is 0.827. The maximum absolute atomic E-state index is 12.8. The molecule has 1 fully saturated rings. The number of H-pyrrole nitrogens is 1. The van der Waals surface area contributed by atoms with Gasteiger partial charge in [-0.3, -0.25) is 4.79 Å². The van der Waals surface area contributed by atoms with Gasteiger partial charge in [-0.25, -0.2) is 13.1 Å². The van der Waals surface area contributed by atoms with Crippen LogP contribution in [0.5, 0.6) is 0 Å². The maximum Gasteiger partial charge on any atom is 0.266 e. The number of aromatic amines is 1. The van der Waals surface area contributed by atoms with E-state index >= 15 is 0 Å². The lowest BCUT2D eigenvalue weighted by Gasteiger charge is -2.12. The van der Waals surface area contributed by atoms with E-state index in [0.29, 0.717) is 11.9 Å². The molecule has 1 aromatic carbocycles. The SMILES string of the molecule is N[C@]12C[C@H]1C=CCCCCCc1cc3cccc(c3[nH]1)S(=O)(=O)NC2=O. The monoisotopic (exact) mass is 373 g/mol. The van der Waals surface area contributed by atoms with E-state index in [0.717, 1.165) is 43.2 Å². The van der Waals surface area contributed by atoms with E-state index in [2.05, 4.69) is 15.8 Å². The van der Waals surface area contributed by atoms with Crippen molar-refractivity contribution in [2.75, 3.05) is 0 Å². The van der Waals surface area contributed by atoms with Crippen LogP contribution < -0.4 is 10.5 Å². The van der Waals surface area contributed by atoms with Gasteiger partial charge in [0.1, 0.15) is 10.4 Å². The fraction of sp³-hybridized carbons (Fsp3) is 0.421. The topological polar surface area (TPSA) is 105 Å². The zero-order valence-electron chi connectivity index (χ0n) is 14.5. The molecule has 2 aliphatic rings. The Hall–Kier alpha value is -2.12. The van der Waals surface area contributed by atoms with Gasteiger partial charge in [0, 0.05) is 17.0 Å². The molecule has 0 unspecified atom stereocenters. The molecule has 0 radical (unpaired) electrons. The second-order valence-corrected chi connectivity index (χ2v) is 8.98. The fourth-order valence-electron chi connectivity index (χ4n) is 3.64. The van der Waals surface area contributed by atoms with Crippen molar-refractivity contribution in [3.05, 3.63) is 42.1 Å². The van der Waals surface area contributed by atoms with Crippen LogP contribution >= 0.6 is 0 Å². The van der Waals surface area contributed by atoms with Crippen LogP contribution in [0, 0.1) is 5.92 Å². The Morgan fingerprint density at radius 1 is 1.19 bits per heavy atom. The number of rotatable bonds is 0. The van der Waals surface area contributed by atoms with Crippen LogP contribution in [0.3, 0.4) is 0 Å². The van der Waals surface area contributed by atoms with E-state index < -0.39 is 21.5 Å². The number of nitrogens with two attached hydrogens (primary N) is 1. The van der Waals surface area contributed by atoms with Crippen molar-refractivity contribution < 1.29 is 13.2 Å². The molecule has 0 saturated heterocycles. The maximum atomic E-state index is 12.8. The number of benzene rings is 1. The third kappa shape index (κ3) is 3.05. The Morgan fingerprint density at radius 2 is 2.04 bits per heavy atom. The van der Waals surface area contributed by atoms with Crippen molar-refractivity contribution in [3.63, 3.8) is 0 Å². The van der Waals surface area contributed by atoms with Gasteiger partial charge in [0.15, 0.2) is 0 Å². The highest BCUT2D eigenvalue weighted by Gasteiger charge is 2.56. The van der Waals surface area contributed by atoms with Crippen molar-refractivity contribution in [2.24, 2.45) is 11.7 Å². The Bertz CT molecular complexity index is 993. The fourth-order valence-corrected chi connectivity index (χ4v) is 4.88. The van der Waals surface area contributed by atoms with Crippen molar-refractivity contribution >= 4 is 26.8 Å². The number of aromatic nitrogens is 1. The molecule has 26 heavy (non-hydrogen) atoms. The smallest absolute Gasteiger partial charge is 0.266 e. The number of nitrogens with one attached hydrogen (secondary N) is 2. The number of fused-ring (bicyclic) bond motifs is 2. The molecule has 6 nitrogen and oxygen atoms in total. The predicted molar refractivity (Wildman–Crippen MR) is 100.0 cm³/mol. The lowest BCUT2D eigenvalue weighted by Crippen LogP contribution is -2.46. The van der Waals surface area contributed by atoms with E-state index in [9.17, 15) is 13.2 Å². The minimum Gasteiger partial charge on any atom is -0.357 e. The number of hydrogen-bond donors (Lipinski definition) is 3. The molecule has 2 aromatic rings. The average molecular weight is 373 g/mol. The molecule has 4 N–H and O–H groups in total. The van der Waals surface area contributed by atoms with E-state index in [1.807, 2.05) is 18.2 Å². The predicted octanol–water partition coefficient (Wildman–Crippen LogP) is 2.36. The number of carbonyl (C=O) groups is 1. The molecule has 1 aliphatic heterocycles. The molecule has 2 heterocycles. The standard InChI is InChI=1S/C19H23N3O3S/c20-19-12-14(19)8-4-2-1-3-5-9-15-11-13-7-6-10-16(17(13)21-15)26(24,25)22-18(19)23/h4,6-8,10-11,14,21H,1-3,5,9,12,20H2,(H,22,23)/t14-,19-/m1/s1. The third-order valence-corrected chi connectivity index (χ3v) is 6.73. The number of carbonyl (C=O) groups excluding carboxylic acids is 1. The first-order valence-corrected chi connectivity index (χ1v) is 10.5. The van der Waals surface area contributed by atoms with Crippen LogP contribution in [0.15, 0.2) is 41.3 Å². The number of aryl methyl sites for hydroxylation is 1. The summed E-state index contributed by atoms with van der Waals surface area (Å²) in [6.45, 7) is 0. The third-order valence-electron chi connectivity index (χ3n) is 5.36. The highest BCUT2D eigenvalue weighted by atomic mass is 32.2. The van der Waals surface area contributed by atoms with Gasteiger partial charge in [-0.1, -0.05) is 30.7 Å². The number of hydrogen-bond acceptors (Lipinski definition) is 4. The number of amides is 1. The Balaban J connectivity index is 1.74. The Labute approximate surface area is 152 Å². The quantitative estimate of drug-likeness (QED) is 0.617. The second kappa shape index (κ2) is 6.25. The van der Waals surface area contributed by atoms with Gasteiger partial charge >= 0.3 is 0 Å². The van der Waals surface area contributed by atoms with Gasteiger partial charge in [-0.05, 0) is 44.2 Å². The zero-order chi connectivity index (χ0) is 18.4. The van der Waals surface area contributed by atoms with E-state index in [-0.39, 0.29) is 10.8 Å². The first-order chi connectivity index (χ1) is 12.4. The molecule has 0 spiro atoms. The van der Waals surface area contributed by atoms with Crippen LogP contribution in [-0.2, 0) is 21.2 Å². The molecule has 1 amide bonds. The van der Waals surface area contributed by atoms with E-state index in [1.165, 1.54) is 6.07 Å². The largest absolute Gasteiger partial charge is 0.357 e. The lowest BCUT2D eigenvalue weighted by atomic mass is 10.1. The normalized spacial score (nSPS) is 28.7. The Morgan fingerprint density at radius 3 is 2.88 bits per heavy atom. The first-order valence-electron chi connectivity index (χ1n) is 9.03. The van der Waals surface area contributed by atoms with Crippen LogP contribution in [0.25, 0.3) is 10.9 Å². The minimum atomic E-state index is -4.00. The molecule has 1 saturated carbocycles. The average Bonchev–Trinajstić information content (AvgIpc) is 3.08. The molecule has 1 aliphatic carbocycles. The summed E-state index contributed by atoms with van der Waals surface area (Å²) in [5.74, 6) is -0.735.